The zero-order chi connectivity index (χ0) is 18.8. The van der Waals surface area contributed by atoms with Crippen molar-refractivity contribution in [2.24, 2.45) is 5.92 Å². The molecule has 0 bridgehead atoms. The van der Waals surface area contributed by atoms with Gasteiger partial charge in [0, 0.05) is 29.3 Å². The maximum atomic E-state index is 12.6. The van der Waals surface area contributed by atoms with Crippen molar-refractivity contribution in [3.8, 4) is 0 Å². The minimum absolute atomic E-state index is 0.226. The van der Waals surface area contributed by atoms with Crippen molar-refractivity contribution in [1.29, 1.82) is 0 Å². The third kappa shape index (κ3) is 3.88. The summed E-state index contributed by atoms with van der Waals surface area (Å²) in [6, 6.07) is 8.40. The summed E-state index contributed by atoms with van der Waals surface area (Å²) in [5, 5.41) is 15.6. The average Bonchev–Trinajstić information content (AvgIpc) is 3.30. The number of nitrogens with zero attached hydrogens (tertiary/aromatic N) is 4. The smallest absolute Gasteiger partial charge is 0.277 e. The van der Waals surface area contributed by atoms with Gasteiger partial charge in [0.1, 0.15) is 0 Å². The Bertz CT molecular complexity index is 935. The minimum atomic E-state index is -0.226. The van der Waals surface area contributed by atoms with Crippen molar-refractivity contribution < 1.29 is 4.79 Å². The second-order valence-electron chi connectivity index (χ2n) is 7.65. The number of hydrogen-bond donors (Lipinski definition) is 2. The van der Waals surface area contributed by atoms with Gasteiger partial charge in [0.2, 0.25) is 0 Å². The average molecular weight is 366 g/mol. The molecule has 0 atom stereocenters. The molecule has 1 aliphatic rings. The highest BCUT2D eigenvalue weighted by molar-refractivity contribution is 6.03. The van der Waals surface area contributed by atoms with Crippen molar-refractivity contribution in [2.45, 2.75) is 39.3 Å². The number of hydrogen-bond acceptors (Lipinski definition) is 4. The lowest BCUT2D eigenvalue weighted by Crippen LogP contribution is -2.29. The predicted octanol–water partition coefficient (Wildman–Crippen LogP) is 3.07. The Morgan fingerprint density at radius 3 is 2.89 bits per heavy atom. The molecule has 7 heteroatoms. The summed E-state index contributed by atoms with van der Waals surface area (Å²) >= 11 is 0. The molecule has 2 aromatic heterocycles. The lowest BCUT2D eigenvalue weighted by atomic mass is 10.1. The van der Waals surface area contributed by atoms with Crippen LogP contribution in [0.25, 0.3) is 10.9 Å². The highest BCUT2D eigenvalue weighted by Gasteiger charge is 2.19. The van der Waals surface area contributed by atoms with E-state index in [9.17, 15) is 4.79 Å². The monoisotopic (exact) mass is 366 g/mol. The van der Waals surface area contributed by atoms with E-state index in [-0.39, 0.29) is 5.91 Å². The van der Waals surface area contributed by atoms with Crippen LogP contribution in [0.1, 0.15) is 43.2 Å². The van der Waals surface area contributed by atoms with Gasteiger partial charge in [-0.1, -0.05) is 19.1 Å². The second kappa shape index (κ2) is 7.52. The lowest BCUT2D eigenvalue weighted by Gasteiger charge is -2.22. The van der Waals surface area contributed by atoms with Gasteiger partial charge in [0.15, 0.2) is 5.69 Å². The molecule has 142 valence electrons. The number of aromatic nitrogens is 4. The van der Waals surface area contributed by atoms with Crippen LogP contribution in [-0.2, 0) is 6.54 Å². The SMILES string of the molecule is CC(C)Cn1ccc2cc(NC(=O)c3cn(C4CCNCC4)nn3)ccc21. The number of piperidine rings is 1. The Hall–Kier alpha value is -2.67. The Kier molecular flexibility index (Phi) is 4.94. The highest BCUT2D eigenvalue weighted by Crippen LogP contribution is 2.22. The molecule has 1 fully saturated rings. The lowest BCUT2D eigenvalue weighted by molar-refractivity contribution is 0.102. The minimum Gasteiger partial charge on any atom is -0.347 e. The fraction of sp³-hybridized carbons (Fsp3) is 0.450. The third-order valence-electron chi connectivity index (χ3n) is 5.02. The molecule has 1 saturated heterocycles. The number of rotatable bonds is 5. The van der Waals surface area contributed by atoms with Crippen LogP contribution in [0.5, 0.6) is 0 Å². The van der Waals surface area contributed by atoms with Crippen LogP contribution < -0.4 is 10.6 Å². The van der Waals surface area contributed by atoms with Gasteiger partial charge in [0.05, 0.1) is 12.2 Å². The second-order valence-corrected chi connectivity index (χ2v) is 7.65. The topological polar surface area (TPSA) is 76.8 Å². The molecule has 0 unspecified atom stereocenters. The summed E-state index contributed by atoms with van der Waals surface area (Å²) in [6.07, 6.45) is 5.87. The molecular weight excluding hydrogens is 340 g/mol. The molecule has 2 N–H and O–H groups in total. The van der Waals surface area contributed by atoms with Gasteiger partial charge >= 0.3 is 0 Å². The van der Waals surface area contributed by atoms with Crippen molar-refractivity contribution in [3.63, 3.8) is 0 Å². The molecular formula is C20H26N6O. The Balaban J connectivity index is 1.47. The van der Waals surface area contributed by atoms with Gasteiger partial charge in [-0.05, 0) is 56.1 Å². The molecule has 1 amide bonds. The first-order chi connectivity index (χ1) is 13.1. The number of carbonyl (C=O) groups is 1. The van der Waals surface area contributed by atoms with Gasteiger partial charge in [-0.15, -0.1) is 5.10 Å². The summed E-state index contributed by atoms with van der Waals surface area (Å²) in [5.74, 6) is 0.360. The van der Waals surface area contributed by atoms with E-state index < -0.39 is 0 Å². The number of anilines is 1. The van der Waals surface area contributed by atoms with Crippen LogP contribution in [0.15, 0.2) is 36.7 Å². The number of nitrogens with one attached hydrogen (secondary N) is 2. The number of fused-ring (bicyclic) bond motifs is 1. The predicted molar refractivity (Wildman–Crippen MR) is 106 cm³/mol. The first kappa shape index (κ1) is 17.7. The van der Waals surface area contributed by atoms with E-state index in [1.54, 1.807) is 6.20 Å². The quantitative estimate of drug-likeness (QED) is 0.728. The molecule has 1 aliphatic heterocycles. The summed E-state index contributed by atoms with van der Waals surface area (Å²) in [7, 11) is 0. The molecule has 3 heterocycles. The molecule has 27 heavy (non-hydrogen) atoms. The van der Waals surface area contributed by atoms with E-state index in [0.717, 1.165) is 43.5 Å². The summed E-state index contributed by atoms with van der Waals surface area (Å²) < 4.78 is 4.07. The molecule has 0 radical (unpaired) electrons. The normalized spacial score (nSPS) is 15.5. The van der Waals surface area contributed by atoms with E-state index in [4.69, 9.17) is 0 Å². The van der Waals surface area contributed by atoms with E-state index >= 15 is 0 Å². The van der Waals surface area contributed by atoms with Gasteiger partial charge in [0.25, 0.3) is 5.91 Å². The standard InChI is InChI=1S/C20H26N6O/c1-14(2)12-25-10-7-15-11-16(3-4-19(15)25)22-20(27)18-13-26(24-23-18)17-5-8-21-9-6-17/h3-4,7,10-11,13-14,17,21H,5-6,8-9,12H2,1-2H3,(H,22,27). The summed E-state index contributed by atoms with van der Waals surface area (Å²) in [5.41, 5.74) is 2.30. The molecule has 0 saturated carbocycles. The Morgan fingerprint density at radius 2 is 2.11 bits per heavy atom. The van der Waals surface area contributed by atoms with Crippen molar-refractivity contribution in [1.82, 2.24) is 24.9 Å². The van der Waals surface area contributed by atoms with E-state index in [0.29, 0.717) is 17.7 Å². The zero-order valence-corrected chi connectivity index (χ0v) is 15.9. The molecule has 3 aromatic rings. The first-order valence-electron chi connectivity index (χ1n) is 9.63. The van der Waals surface area contributed by atoms with Crippen LogP contribution in [0.2, 0.25) is 0 Å². The van der Waals surface area contributed by atoms with Crippen molar-refractivity contribution in [2.75, 3.05) is 18.4 Å². The van der Waals surface area contributed by atoms with E-state index in [2.05, 4.69) is 57.7 Å². The van der Waals surface area contributed by atoms with Gasteiger partial charge in [-0.25, -0.2) is 4.68 Å². The van der Waals surface area contributed by atoms with Crippen LogP contribution in [0.4, 0.5) is 5.69 Å². The maximum absolute atomic E-state index is 12.6. The Labute approximate surface area is 158 Å². The summed E-state index contributed by atoms with van der Waals surface area (Å²) in [6.45, 7) is 7.34. The Morgan fingerprint density at radius 1 is 1.30 bits per heavy atom. The zero-order valence-electron chi connectivity index (χ0n) is 15.9. The highest BCUT2D eigenvalue weighted by atomic mass is 16.2. The molecule has 1 aromatic carbocycles. The van der Waals surface area contributed by atoms with Gasteiger partial charge < -0.3 is 15.2 Å². The molecule has 0 spiro atoms. The molecule has 7 nitrogen and oxygen atoms in total. The number of amides is 1. The van der Waals surface area contributed by atoms with Crippen LogP contribution in [0, 0.1) is 5.92 Å². The van der Waals surface area contributed by atoms with Gasteiger partial charge in [-0.2, -0.15) is 0 Å². The summed E-state index contributed by atoms with van der Waals surface area (Å²) in [4.78, 5) is 12.6. The van der Waals surface area contributed by atoms with Crippen molar-refractivity contribution >= 4 is 22.5 Å². The third-order valence-corrected chi connectivity index (χ3v) is 5.02. The fourth-order valence-electron chi connectivity index (χ4n) is 3.66. The molecule has 0 aliphatic carbocycles. The first-order valence-corrected chi connectivity index (χ1v) is 9.63. The van der Waals surface area contributed by atoms with Crippen LogP contribution in [0.3, 0.4) is 0 Å². The number of carbonyl (C=O) groups excluding carboxylic acids is 1. The maximum Gasteiger partial charge on any atom is 0.277 e. The van der Waals surface area contributed by atoms with Crippen LogP contribution >= 0.6 is 0 Å². The van der Waals surface area contributed by atoms with Gasteiger partial charge in [-0.3, -0.25) is 4.79 Å². The molecule has 4 rings (SSSR count). The number of benzene rings is 1. The van der Waals surface area contributed by atoms with Crippen molar-refractivity contribution in [3.05, 3.63) is 42.4 Å². The van der Waals surface area contributed by atoms with E-state index in [1.807, 2.05) is 16.8 Å². The van der Waals surface area contributed by atoms with E-state index in [1.165, 1.54) is 5.52 Å². The van der Waals surface area contributed by atoms with Crippen LogP contribution in [-0.4, -0.2) is 38.6 Å². The largest absolute Gasteiger partial charge is 0.347 e. The fourth-order valence-corrected chi connectivity index (χ4v) is 3.66.